The van der Waals surface area contributed by atoms with Crippen molar-refractivity contribution in [1.82, 2.24) is 37.2 Å². The predicted molar refractivity (Wildman–Crippen MR) is 292 cm³/mol. The number of amidine groups is 1. The van der Waals surface area contributed by atoms with Gasteiger partial charge in [0.2, 0.25) is 41.4 Å². The lowest BCUT2D eigenvalue weighted by atomic mass is 9.91. The van der Waals surface area contributed by atoms with E-state index in [0.29, 0.717) is 24.8 Å². The molecule has 1 saturated heterocycles. The number of unbranched alkanes of at least 4 members (excludes halogenated alkanes) is 5. The van der Waals surface area contributed by atoms with Crippen LogP contribution in [0.4, 0.5) is 0 Å². The van der Waals surface area contributed by atoms with E-state index in [1.165, 1.54) is 6.92 Å². The fourth-order valence-corrected chi connectivity index (χ4v) is 9.08. The molecule has 1 aliphatic heterocycles. The van der Waals surface area contributed by atoms with Gasteiger partial charge in [-0.15, -0.1) is 0 Å². The van der Waals surface area contributed by atoms with Gasteiger partial charge in [0.25, 0.3) is 0 Å². The largest absolute Gasteiger partial charge is 0.393 e. The first-order chi connectivity index (χ1) is 36.6. The second-order valence-corrected chi connectivity index (χ2v) is 20.8. The topological polar surface area (TPSA) is 406 Å². The molecule has 7 amide bonds. The zero-order chi connectivity index (χ0) is 57.5. The first kappa shape index (κ1) is 67.2. The van der Waals surface area contributed by atoms with Gasteiger partial charge >= 0.3 is 0 Å². The number of amides is 7. The number of hydrogen-bond donors (Lipinski definition) is 14. The van der Waals surface area contributed by atoms with Gasteiger partial charge in [-0.3, -0.25) is 48.6 Å². The van der Waals surface area contributed by atoms with Crippen molar-refractivity contribution in [3.8, 4) is 0 Å². The van der Waals surface area contributed by atoms with Crippen LogP contribution in [0.1, 0.15) is 149 Å². The van der Waals surface area contributed by atoms with E-state index in [1.54, 1.807) is 30.3 Å². The molecule has 77 heavy (non-hydrogen) atoms. The van der Waals surface area contributed by atoms with Crippen molar-refractivity contribution in [3.63, 3.8) is 0 Å². The number of aliphatic hydroxyl groups excluding tert-OH is 2. The van der Waals surface area contributed by atoms with Crippen molar-refractivity contribution in [2.24, 2.45) is 40.7 Å². The van der Waals surface area contributed by atoms with Gasteiger partial charge in [0, 0.05) is 44.6 Å². The maximum atomic E-state index is 14.4. The molecule has 0 saturated carbocycles. The summed E-state index contributed by atoms with van der Waals surface area (Å²) >= 11 is 0. The number of hydrogen-bond acceptors (Lipinski definition) is 15. The van der Waals surface area contributed by atoms with Crippen molar-refractivity contribution in [2.45, 2.75) is 198 Å². The summed E-state index contributed by atoms with van der Waals surface area (Å²) < 4.78 is 0. The number of carbonyl (C=O) groups is 9. The maximum absolute atomic E-state index is 14.4. The van der Waals surface area contributed by atoms with E-state index in [0.717, 1.165) is 32.1 Å². The summed E-state index contributed by atoms with van der Waals surface area (Å²) in [6, 6.07) is 0.688. The van der Waals surface area contributed by atoms with E-state index in [4.69, 9.17) is 28.3 Å². The van der Waals surface area contributed by atoms with Gasteiger partial charge in [-0.25, -0.2) is 0 Å². The highest BCUT2D eigenvalue weighted by Crippen LogP contribution is 2.18. The highest BCUT2D eigenvalue weighted by Gasteiger charge is 2.36. The van der Waals surface area contributed by atoms with Crippen LogP contribution in [-0.2, 0) is 49.6 Å². The molecule has 434 valence electrons. The first-order valence-electron chi connectivity index (χ1n) is 27.6. The standard InChI is InChI=1S/C54H92N12O11/c1-5-6-7-8-12-17-37(68)31-38(69)30-36(20-24-55)48(71)62-43-23-27-60-49(72)39(34(4)67)32-46(70)40(18-13-14-19-47(58)59)61-50(73)41(21-25-56)64-53(76)44(28-33(2)3)65-54(77)45(29-35-15-10-9-11-16-35)66-51(74)42(22-26-57)63-52(43)75/h9-11,15-16,33-34,36-37,39-45,67-68H,5-8,12-14,17-32,55-57H2,1-4H3,(H3,58,59)(H,60,72)(H,61,73)(H,62,71)(H,63,75)(H,64,76)(H,65,77)(H,66,74)/t34-,36+,37-,39+,40+,41+,42+,43+,44+,45-/m1/s1. The molecule has 1 aromatic rings. The van der Waals surface area contributed by atoms with Crippen LogP contribution in [0.5, 0.6) is 0 Å². The van der Waals surface area contributed by atoms with Crippen LogP contribution >= 0.6 is 0 Å². The molecule has 1 aromatic carbocycles. The fourth-order valence-electron chi connectivity index (χ4n) is 9.08. The molecule has 1 fully saturated rings. The molecule has 18 N–H and O–H groups in total. The number of nitrogens with two attached hydrogens (primary N) is 4. The second-order valence-electron chi connectivity index (χ2n) is 20.8. The number of rotatable bonds is 28. The Labute approximate surface area is 454 Å². The lowest BCUT2D eigenvalue weighted by molar-refractivity contribution is -0.136. The number of Topliss-reactive ketones (excluding diaryl/α,β-unsaturated/α-hetero) is 2. The quantitative estimate of drug-likeness (QED) is 0.0296. The average molecular weight is 1090 g/mol. The highest BCUT2D eigenvalue weighted by atomic mass is 16.3. The Bertz CT molecular complexity index is 2040. The molecule has 0 aliphatic carbocycles. The second kappa shape index (κ2) is 37.0. The van der Waals surface area contributed by atoms with E-state index in [-0.39, 0.29) is 108 Å². The lowest BCUT2D eigenvalue weighted by Gasteiger charge is -2.28. The number of aliphatic hydroxyl groups is 2. The molecule has 23 heteroatoms. The van der Waals surface area contributed by atoms with Crippen LogP contribution in [0.2, 0.25) is 0 Å². The van der Waals surface area contributed by atoms with Crippen LogP contribution in [0.25, 0.3) is 0 Å². The van der Waals surface area contributed by atoms with Gasteiger partial charge in [-0.05, 0) is 89.4 Å². The summed E-state index contributed by atoms with van der Waals surface area (Å²) in [6.07, 6.45) is 2.30. The Hall–Kier alpha value is -5.88. The molecule has 2 rings (SSSR count). The van der Waals surface area contributed by atoms with Crippen molar-refractivity contribution >= 4 is 58.8 Å². The number of nitrogens with one attached hydrogen (secondary N) is 8. The Morgan fingerprint density at radius 3 is 1.83 bits per heavy atom. The summed E-state index contributed by atoms with van der Waals surface area (Å²) in [5.41, 5.74) is 24.0. The number of ketones is 2. The summed E-state index contributed by atoms with van der Waals surface area (Å²) in [4.78, 5) is 127. The van der Waals surface area contributed by atoms with Crippen LogP contribution in [0.3, 0.4) is 0 Å². The minimum atomic E-state index is -1.48. The van der Waals surface area contributed by atoms with Gasteiger partial charge in [-0.1, -0.05) is 89.6 Å². The third-order valence-corrected chi connectivity index (χ3v) is 13.5. The number of benzene rings is 1. The number of carbonyl (C=O) groups excluding carboxylic acids is 9. The van der Waals surface area contributed by atoms with E-state index in [9.17, 15) is 53.4 Å². The van der Waals surface area contributed by atoms with Crippen molar-refractivity contribution < 1.29 is 53.4 Å². The molecule has 10 atom stereocenters. The minimum Gasteiger partial charge on any atom is -0.393 e. The van der Waals surface area contributed by atoms with Crippen LogP contribution in [0.15, 0.2) is 30.3 Å². The van der Waals surface area contributed by atoms with E-state index < -0.39 is 114 Å². The van der Waals surface area contributed by atoms with Crippen molar-refractivity contribution in [2.75, 3.05) is 26.2 Å². The monoisotopic (exact) mass is 1080 g/mol. The van der Waals surface area contributed by atoms with E-state index in [1.807, 2.05) is 13.8 Å². The van der Waals surface area contributed by atoms with Crippen LogP contribution in [0, 0.1) is 23.2 Å². The molecule has 1 aliphatic rings. The lowest BCUT2D eigenvalue weighted by Crippen LogP contribution is -2.60. The normalized spacial score (nSPS) is 23.0. The molecule has 23 nitrogen and oxygen atoms in total. The summed E-state index contributed by atoms with van der Waals surface area (Å²) in [7, 11) is 0. The predicted octanol–water partition coefficient (Wildman–Crippen LogP) is -0.110. The molecular formula is C54H92N12O11. The van der Waals surface area contributed by atoms with Gasteiger partial charge in [-0.2, -0.15) is 0 Å². The summed E-state index contributed by atoms with van der Waals surface area (Å²) in [5.74, 6) is -9.28. The molecule has 0 bridgehead atoms. The fraction of sp³-hybridized carbons (Fsp3) is 0.704. The van der Waals surface area contributed by atoms with Crippen molar-refractivity contribution in [1.29, 1.82) is 5.41 Å². The average Bonchev–Trinajstić information content (AvgIpc) is 3.36. The molecule has 0 radical (unpaired) electrons. The van der Waals surface area contributed by atoms with Crippen LogP contribution < -0.4 is 60.2 Å². The Kier molecular flexibility index (Phi) is 32.3. The molecule has 0 spiro atoms. The summed E-state index contributed by atoms with van der Waals surface area (Å²) in [5, 5.41) is 48.0. The summed E-state index contributed by atoms with van der Waals surface area (Å²) in [6.45, 7) is 6.50. The van der Waals surface area contributed by atoms with Gasteiger partial charge in [0.05, 0.1) is 30.0 Å². The Morgan fingerprint density at radius 2 is 1.25 bits per heavy atom. The van der Waals surface area contributed by atoms with Crippen LogP contribution in [-0.4, -0.2) is 144 Å². The third kappa shape index (κ3) is 26.4. The Balaban J connectivity index is 2.71. The van der Waals surface area contributed by atoms with E-state index in [2.05, 4.69) is 44.1 Å². The smallest absolute Gasteiger partial charge is 0.243 e. The third-order valence-electron chi connectivity index (χ3n) is 13.5. The molecule has 0 unspecified atom stereocenters. The maximum Gasteiger partial charge on any atom is 0.243 e. The van der Waals surface area contributed by atoms with Gasteiger partial charge < -0.3 is 70.4 Å². The van der Waals surface area contributed by atoms with Gasteiger partial charge in [0.15, 0.2) is 5.78 Å². The molecular weight excluding hydrogens is 993 g/mol. The highest BCUT2D eigenvalue weighted by molar-refractivity contribution is 5.98. The first-order valence-corrected chi connectivity index (χ1v) is 27.6. The Morgan fingerprint density at radius 1 is 0.675 bits per heavy atom. The van der Waals surface area contributed by atoms with E-state index >= 15 is 0 Å². The SMILES string of the molecule is CCCCCCC[C@@H](O)CC(=O)C[C@H](CCN)C(=O)N[C@H]1CCNC(=O)[C@H]([C@@H](C)O)CC(=O)[C@H](CCCCC(=N)N)NC(=O)[C@H](CCN)NC(=O)[C@H](CC(C)C)NC(=O)[C@@H](Cc2ccccc2)NC(=O)[C@H](CCN)NC1=O. The van der Waals surface area contributed by atoms with Crippen molar-refractivity contribution in [3.05, 3.63) is 35.9 Å². The minimum absolute atomic E-state index is 0.00564. The zero-order valence-electron chi connectivity index (χ0n) is 45.9. The molecule has 1 heterocycles. The zero-order valence-corrected chi connectivity index (χ0v) is 45.9. The molecule has 0 aromatic heterocycles. The van der Waals surface area contributed by atoms with Gasteiger partial charge in [0.1, 0.15) is 36.0 Å².